The number of hydrogen-bond donors (Lipinski definition) is 1. The van der Waals surface area contributed by atoms with Gasteiger partial charge in [0.25, 0.3) is 0 Å². The highest BCUT2D eigenvalue weighted by Crippen LogP contribution is 2.30. The van der Waals surface area contributed by atoms with Gasteiger partial charge >= 0.3 is 27.7 Å². The molecule has 0 aliphatic heterocycles. The number of halogens is 3. The number of carbonyl (C=O) groups is 2. The van der Waals surface area contributed by atoms with Crippen LogP contribution in [-0.2, 0) is 37.4 Å². The molecule has 0 spiro atoms. The van der Waals surface area contributed by atoms with E-state index < -0.39 is 39.0 Å². The van der Waals surface area contributed by atoms with E-state index in [4.69, 9.17) is 9.47 Å². The molecule has 1 N–H and O–H groups in total. The van der Waals surface area contributed by atoms with Crippen LogP contribution in [0.25, 0.3) is 0 Å². The Bertz CT molecular complexity index is 1110. The number of hydrogen-bond acceptors (Lipinski definition) is 7. The van der Waals surface area contributed by atoms with Gasteiger partial charge in [0.15, 0.2) is 0 Å². The first kappa shape index (κ1) is 27.0. The highest BCUT2D eigenvalue weighted by molar-refractivity contribution is 7.88. The van der Waals surface area contributed by atoms with E-state index in [0.717, 1.165) is 12.1 Å². The first-order valence-electron chi connectivity index (χ1n) is 9.99. The van der Waals surface area contributed by atoms with Crippen molar-refractivity contribution in [1.82, 2.24) is 0 Å². The Labute approximate surface area is 195 Å². The zero-order chi connectivity index (χ0) is 25.6. The Kier molecular flexibility index (Phi) is 8.54. The predicted octanol–water partition coefficient (Wildman–Crippen LogP) is 4.94. The third kappa shape index (κ3) is 8.58. The van der Waals surface area contributed by atoms with Crippen molar-refractivity contribution in [2.75, 3.05) is 5.32 Å². The van der Waals surface area contributed by atoms with E-state index in [1.165, 1.54) is 6.07 Å². The van der Waals surface area contributed by atoms with Gasteiger partial charge in [-0.1, -0.05) is 36.4 Å². The fourth-order valence-corrected chi connectivity index (χ4v) is 3.07. The van der Waals surface area contributed by atoms with Crippen molar-refractivity contribution in [2.24, 2.45) is 0 Å². The monoisotopic (exact) mass is 503 g/mol. The number of anilines is 1. The van der Waals surface area contributed by atoms with Gasteiger partial charge in [-0.2, -0.15) is 21.6 Å². The number of amides is 1. The number of ether oxygens (including phenoxy) is 2. The largest absolute Gasteiger partial charge is 0.534 e. The lowest BCUT2D eigenvalue weighted by Crippen LogP contribution is -2.28. The minimum atomic E-state index is -5.92. The first-order chi connectivity index (χ1) is 15.7. The summed E-state index contributed by atoms with van der Waals surface area (Å²) in [5.74, 6) is -1.22. The molecule has 34 heavy (non-hydrogen) atoms. The maximum absolute atomic E-state index is 12.7. The van der Waals surface area contributed by atoms with Crippen LogP contribution in [0.15, 0.2) is 48.5 Å². The van der Waals surface area contributed by atoms with Crippen LogP contribution < -0.4 is 9.50 Å². The molecule has 2 rings (SSSR count). The summed E-state index contributed by atoms with van der Waals surface area (Å²) in [6, 6.07) is 11.8. The second-order valence-corrected chi connectivity index (χ2v) is 9.61. The normalized spacial score (nSPS) is 12.1. The lowest BCUT2D eigenvalue weighted by molar-refractivity contribution is -0.154. The lowest BCUT2D eigenvalue weighted by Gasteiger charge is -2.20. The van der Waals surface area contributed by atoms with Crippen LogP contribution in [0.1, 0.15) is 38.3 Å². The molecule has 0 unspecified atom stereocenters. The molecule has 2 aromatic carbocycles. The minimum absolute atomic E-state index is 0.0372. The van der Waals surface area contributed by atoms with E-state index in [0.29, 0.717) is 11.1 Å². The van der Waals surface area contributed by atoms with Crippen LogP contribution >= 0.6 is 0 Å². The molecule has 0 aliphatic rings. The van der Waals surface area contributed by atoms with E-state index in [1.54, 1.807) is 51.1 Å². The molecule has 12 heteroatoms. The smallest absolute Gasteiger partial charge is 0.460 e. The standard InChI is InChI=1S/C22H24F3NO7S/c1-21(2,3)32-19(27)12-10-16-9-11-17(33-34(29,30)22(23,24)25)13-18(16)26-20(28)31-14-15-7-5-4-6-8-15/h4-9,11,13H,10,12,14H2,1-3H3,(H,26,28). The molecular weight excluding hydrogens is 479 g/mol. The van der Waals surface area contributed by atoms with Crippen molar-refractivity contribution in [3.8, 4) is 5.75 Å². The zero-order valence-electron chi connectivity index (χ0n) is 18.6. The van der Waals surface area contributed by atoms with Gasteiger partial charge in [0.05, 0.1) is 5.69 Å². The van der Waals surface area contributed by atoms with Gasteiger partial charge in [-0.3, -0.25) is 10.1 Å². The van der Waals surface area contributed by atoms with E-state index in [2.05, 4.69) is 9.50 Å². The Balaban J connectivity index is 2.20. The van der Waals surface area contributed by atoms with E-state index in [1.807, 2.05) is 0 Å². The molecule has 0 bridgehead atoms. The van der Waals surface area contributed by atoms with E-state index in [9.17, 15) is 31.2 Å². The fourth-order valence-electron chi connectivity index (χ4n) is 2.61. The van der Waals surface area contributed by atoms with Crippen LogP contribution in [0.3, 0.4) is 0 Å². The Morgan fingerprint density at radius 1 is 1.00 bits per heavy atom. The van der Waals surface area contributed by atoms with Crippen molar-refractivity contribution < 1.29 is 44.8 Å². The Morgan fingerprint density at radius 2 is 1.65 bits per heavy atom. The highest BCUT2D eigenvalue weighted by Gasteiger charge is 2.48. The number of alkyl halides is 3. The minimum Gasteiger partial charge on any atom is -0.460 e. The lowest BCUT2D eigenvalue weighted by atomic mass is 10.1. The van der Waals surface area contributed by atoms with E-state index in [-0.39, 0.29) is 25.1 Å². The topological polar surface area (TPSA) is 108 Å². The molecule has 0 aromatic heterocycles. The van der Waals surface area contributed by atoms with Gasteiger partial charge in [-0.05, 0) is 44.4 Å². The number of nitrogens with one attached hydrogen (secondary N) is 1. The number of rotatable bonds is 8. The maximum Gasteiger partial charge on any atom is 0.534 e. The highest BCUT2D eigenvalue weighted by atomic mass is 32.2. The van der Waals surface area contributed by atoms with Crippen molar-refractivity contribution in [2.45, 2.75) is 51.3 Å². The van der Waals surface area contributed by atoms with Crippen molar-refractivity contribution in [1.29, 1.82) is 0 Å². The zero-order valence-corrected chi connectivity index (χ0v) is 19.5. The SMILES string of the molecule is CC(C)(C)OC(=O)CCc1ccc(OS(=O)(=O)C(F)(F)F)cc1NC(=O)OCc1ccccc1. The van der Waals surface area contributed by atoms with Gasteiger partial charge in [0.1, 0.15) is 18.0 Å². The van der Waals surface area contributed by atoms with Crippen LogP contribution in [0.5, 0.6) is 5.75 Å². The van der Waals surface area contributed by atoms with Gasteiger partial charge < -0.3 is 13.7 Å². The molecule has 1 amide bonds. The summed E-state index contributed by atoms with van der Waals surface area (Å²) in [5, 5.41) is 2.35. The third-order valence-electron chi connectivity index (χ3n) is 4.04. The van der Waals surface area contributed by atoms with Crippen LogP contribution in [0.2, 0.25) is 0 Å². The molecule has 0 fully saturated rings. The third-order valence-corrected chi connectivity index (χ3v) is 5.02. The fraction of sp³-hybridized carbons (Fsp3) is 0.364. The van der Waals surface area contributed by atoms with Gasteiger partial charge in [-0.25, -0.2) is 4.79 Å². The van der Waals surface area contributed by atoms with Crippen molar-refractivity contribution >= 4 is 27.9 Å². The first-order valence-corrected chi connectivity index (χ1v) is 11.4. The molecule has 2 aromatic rings. The predicted molar refractivity (Wildman–Crippen MR) is 116 cm³/mol. The summed E-state index contributed by atoms with van der Waals surface area (Å²) in [5.41, 5.74) is -5.43. The number of esters is 1. The molecule has 186 valence electrons. The summed E-state index contributed by atoms with van der Waals surface area (Å²) >= 11 is 0. The van der Waals surface area contributed by atoms with Crippen molar-refractivity contribution in [3.05, 3.63) is 59.7 Å². The van der Waals surface area contributed by atoms with Crippen LogP contribution in [0, 0.1) is 0 Å². The van der Waals surface area contributed by atoms with Gasteiger partial charge in [0.2, 0.25) is 0 Å². The Hall–Kier alpha value is -3.28. The molecular formula is C22H24F3NO7S. The Morgan fingerprint density at radius 3 is 2.24 bits per heavy atom. The van der Waals surface area contributed by atoms with Crippen LogP contribution in [-0.4, -0.2) is 31.6 Å². The molecule has 0 atom stereocenters. The van der Waals surface area contributed by atoms with Gasteiger partial charge in [-0.15, -0.1) is 0 Å². The average molecular weight is 503 g/mol. The molecule has 0 aliphatic carbocycles. The van der Waals surface area contributed by atoms with Crippen molar-refractivity contribution in [3.63, 3.8) is 0 Å². The molecule has 0 saturated carbocycles. The second-order valence-electron chi connectivity index (χ2n) is 8.08. The molecule has 0 heterocycles. The van der Waals surface area contributed by atoms with E-state index >= 15 is 0 Å². The van der Waals surface area contributed by atoms with Crippen LogP contribution in [0.4, 0.5) is 23.7 Å². The molecule has 8 nitrogen and oxygen atoms in total. The number of aryl methyl sites for hydroxylation is 1. The number of carbonyl (C=O) groups excluding carboxylic acids is 2. The summed E-state index contributed by atoms with van der Waals surface area (Å²) in [6.07, 6.45) is -1.01. The summed E-state index contributed by atoms with van der Waals surface area (Å²) in [4.78, 5) is 24.3. The average Bonchev–Trinajstić information content (AvgIpc) is 2.70. The molecule has 0 radical (unpaired) electrons. The molecule has 0 saturated heterocycles. The van der Waals surface area contributed by atoms with Gasteiger partial charge in [0, 0.05) is 12.5 Å². The summed E-state index contributed by atoms with van der Waals surface area (Å²) < 4.78 is 75.1. The number of benzene rings is 2. The second kappa shape index (κ2) is 10.8. The maximum atomic E-state index is 12.7. The summed E-state index contributed by atoms with van der Waals surface area (Å²) in [7, 11) is -5.92. The quantitative estimate of drug-likeness (QED) is 0.309. The summed E-state index contributed by atoms with van der Waals surface area (Å²) in [6.45, 7) is 4.98.